The summed E-state index contributed by atoms with van der Waals surface area (Å²) in [6.45, 7) is 2.17. The number of ether oxygens (including phenoxy) is 1. The summed E-state index contributed by atoms with van der Waals surface area (Å²) in [5, 5.41) is 2.14. The molecule has 0 aliphatic carbocycles. The van der Waals surface area contributed by atoms with E-state index in [9.17, 15) is 31.7 Å². The molecule has 1 atom stereocenters. The van der Waals surface area contributed by atoms with E-state index in [1.165, 1.54) is 6.92 Å². The van der Waals surface area contributed by atoms with Gasteiger partial charge in [0, 0.05) is 57.6 Å². The number of hydrogen-bond donors (Lipinski definition) is 1. The normalized spacial score (nSPS) is 24.1. The summed E-state index contributed by atoms with van der Waals surface area (Å²) in [6, 6.07) is -7.50. The molecule has 228 valence electrons. The Labute approximate surface area is 259 Å². The molecule has 5 rings (SSSR count). The van der Waals surface area contributed by atoms with E-state index in [1.54, 1.807) is 4.90 Å². The zero-order valence-electron chi connectivity index (χ0n) is 32.0. The van der Waals surface area contributed by atoms with E-state index in [-0.39, 0.29) is 51.2 Å². The van der Waals surface area contributed by atoms with Crippen molar-refractivity contribution in [3.05, 3.63) is 60.3 Å². The number of anilines is 1. The van der Waals surface area contributed by atoms with Crippen LogP contribution in [0.25, 0.3) is 11.0 Å². The predicted molar refractivity (Wildman–Crippen MR) is 152 cm³/mol. The molecule has 1 aromatic carbocycles. The van der Waals surface area contributed by atoms with E-state index in [1.807, 2.05) is 0 Å². The summed E-state index contributed by atoms with van der Waals surface area (Å²) in [5.41, 5.74) is -4.09. The van der Waals surface area contributed by atoms with Crippen LogP contribution in [0.3, 0.4) is 0 Å². The fourth-order valence-corrected chi connectivity index (χ4v) is 4.81. The second-order valence-corrected chi connectivity index (χ2v) is 9.85. The van der Waals surface area contributed by atoms with E-state index in [0.717, 1.165) is 15.5 Å². The van der Waals surface area contributed by atoms with Crippen LogP contribution in [-0.2, 0) is 15.8 Å². The average molecular weight is 608 g/mol. The summed E-state index contributed by atoms with van der Waals surface area (Å²) in [6.07, 6.45) is -6.04. The van der Waals surface area contributed by atoms with Gasteiger partial charge >= 0.3 is 6.18 Å². The molecule has 2 aliphatic heterocycles. The molecule has 4 heterocycles. The molecular weight excluding hydrogens is 565 g/mol. The van der Waals surface area contributed by atoms with E-state index in [0.29, 0.717) is 0 Å². The number of fused-ring (bicyclic) bond motifs is 1. The zero-order valence-corrected chi connectivity index (χ0v) is 23.0. The zero-order chi connectivity index (χ0) is 38.7. The van der Waals surface area contributed by atoms with E-state index in [2.05, 4.69) is 21.9 Å². The largest absolute Gasteiger partial charge is 0.488 e. The minimum atomic E-state index is -5.30. The van der Waals surface area contributed by atoms with Gasteiger partial charge in [-0.1, -0.05) is 12.6 Å². The van der Waals surface area contributed by atoms with Gasteiger partial charge < -0.3 is 19.1 Å². The van der Waals surface area contributed by atoms with E-state index in [4.69, 9.17) is 13.0 Å². The molecule has 3 amide bonds. The van der Waals surface area contributed by atoms with Gasteiger partial charge in [0.25, 0.3) is 5.91 Å². The quantitative estimate of drug-likeness (QED) is 0.402. The summed E-state index contributed by atoms with van der Waals surface area (Å²) in [7, 11) is 0. The highest BCUT2D eigenvalue weighted by atomic mass is 19.4. The van der Waals surface area contributed by atoms with Gasteiger partial charge in [0.1, 0.15) is 23.1 Å². The van der Waals surface area contributed by atoms with Crippen LogP contribution in [0.15, 0.2) is 49.0 Å². The lowest BCUT2D eigenvalue weighted by Crippen LogP contribution is -2.40. The Morgan fingerprint density at radius 2 is 1.93 bits per heavy atom. The molecule has 0 bridgehead atoms. The monoisotopic (exact) mass is 607 g/mol. The summed E-state index contributed by atoms with van der Waals surface area (Å²) in [5.74, 6) is -3.94. The Hall–Kier alpha value is -4.42. The number of rotatable bonds is 6. The van der Waals surface area contributed by atoms with Crippen molar-refractivity contribution in [3.8, 4) is 5.75 Å². The second-order valence-electron chi connectivity index (χ2n) is 9.85. The van der Waals surface area contributed by atoms with Crippen LogP contribution < -0.4 is 10.1 Å². The Morgan fingerprint density at radius 1 is 1.16 bits per heavy atom. The molecule has 2 aromatic heterocycles. The van der Waals surface area contributed by atoms with Crippen molar-refractivity contribution in [2.45, 2.75) is 57.3 Å². The van der Waals surface area contributed by atoms with Crippen molar-refractivity contribution in [1.82, 2.24) is 24.3 Å². The number of piperidine rings is 1. The first kappa shape index (κ1) is 20.5. The van der Waals surface area contributed by atoms with Gasteiger partial charge in [0.05, 0.1) is 23.9 Å². The first-order chi connectivity index (χ1) is 24.2. The van der Waals surface area contributed by atoms with Crippen molar-refractivity contribution in [3.63, 3.8) is 0 Å². The number of nitrogens with zero attached hydrogens (tertiary/aromatic N) is 5. The molecule has 10 nitrogen and oxygen atoms in total. The Kier molecular flexibility index (Phi) is 5.92. The smallest absolute Gasteiger partial charge is 0.433 e. The number of carbonyl (C=O) groups excluding carboxylic acids is 3. The van der Waals surface area contributed by atoms with Gasteiger partial charge in [0.2, 0.25) is 17.8 Å². The molecule has 2 fully saturated rings. The lowest BCUT2D eigenvalue weighted by Gasteiger charge is -2.32. The van der Waals surface area contributed by atoms with E-state index >= 15 is 0 Å². The number of imidazole rings is 1. The highest BCUT2D eigenvalue weighted by Crippen LogP contribution is 2.36. The fraction of sp³-hybridized carbons (Fsp3) is 0.433. The van der Waals surface area contributed by atoms with Crippen molar-refractivity contribution in [1.29, 1.82) is 0 Å². The van der Waals surface area contributed by atoms with Gasteiger partial charge in [-0.2, -0.15) is 13.2 Å². The van der Waals surface area contributed by atoms with Crippen molar-refractivity contribution < 1.29 is 44.6 Å². The molecule has 0 spiro atoms. The predicted octanol–water partition coefficient (Wildman–Crippen LogP) is 4.83. The minimum Gasteiger partial charge on any atom is -0.488 e. The number of likely N-dealkylation sites (tertiary alicyclic amines) is 2. The van der Waals surface area contributed by atoms with Gasteiger partial charge in [0.15, 0.2) is 0 Å². The van der Waals surface area contributed by atoms with Crippen molar-refractivity contribution >= 4 is 34.7 Å². The molecule has 43 heavy (non-hydrogen) atoms. The van der Waals surface area contributed by atoms with Gasteiger partial charge in [-0.25, -0.2) is 4.98 Å². The first-order valence-corrected chi connectivity index (χ1v) is 13.4. The van der Waals surface area contributed by atoms with Crippen molar-refractivity contribution in [2.24, 2.45) is 0 Å². The Morgan fingerprint density at radius 3 is 2.63 bits per heavy atom. The molecule has 13 heteroatoms. The summed E-state index contributed by atoms with van der Waals surface area (Å²) in [4.78, 5) is 48.1. The maximum atomic E-state index is 13.8. The molecule has 2 aliphatic rings. The van der Waals surface area contributed by atoms with E-state index < -0.39 is 113 Å². The standard InChI is InChI=1S/C30H33F3N6O4/c1-3-26(41)38-14-5-4-7-21(18-38)39-27-23(8-6-9-24(27)43-22-11-15-37(16-12-22)19(2)40)35-29(39)36-28(42)20-10-13-34-25(17-20)30(31,32)33/h3,6,8-10,13,17,21-22H,1,4-5,7,11-12,14-16,18H2,2H3,(H,35,36,42)/t21-/m1/s1/i6D,8D,9D,10D,13D,17D,18D2,21D. The van der Waals surface area contributed by atoms with Crippen LogP contribution in [-0.4, -0.2) is 74.3 Å². The maximum absolute atomic E-state index is 13.8. The molecular formula is C30H33F3N6O4. The number of hydrogen-bond acceptors (Lipinski definition) is 6. The lowest BCUT2D eigenvalue weighted by molar-refractivity contribution is -0.141. The van der Waals surface area contributed by atoms with Crippen LogP contribution in [0.2, 0.25) is 0 Å². The number of para-hydroxylation sites is 1. The number of amides is 3. The van der Waals surface area contributed by atoms with Gasteiger partial charge in [-0.15, -0.1) is 0 Å². The highest BCUT2D eigenvalue weighted by molar-refractivity contribution is 6.04. The molecule has 3 aromatic rings. The topological polar surface area (TPSA) is 110 Å². The number of alkyl halides is 3. The van der Waals surface area contributed by atoms with Gasteiger partial charge in [-0.3, -0.25) is 24.7 Å². The number of benzene rings is 1. The molecule has 0 saturated carbocycles. The van der Waals surface area contributed by atoms with Gasteiger partial charge in [-0.05, 0) is 49.5 Å². The number of pyridine rings is 1. The first-order valence-electron chi connectivity index (χ1n) is 17.9. The van der Waals surface area contributed by atoms with Crippen LogP contribution in [0, 0.1) is 0 Å². The molecule has 1 N–H and O–H groups in total. The summed E-state index contributed by atoms with van der Waals surface area (Å²) < 4.78 is 126. The summed E-state index contributed by atoms with van der Waals surface area (Å²) >= 11 is 0. The Bertz CT molecular complexity index is 1990. The minimum absolute atomic E-state index is 0.101. The van der Waals surface area contributed by atoms with Crippen LogP contribution in [0.4, 0.5) is 19.1 Å². The molecule has 0 radical (unpaired) electrons. The number of halogens is 3. The second kappa shape index (κ2) is 12.4. The average Bonchev–Trinajstić information content (AvgIpc) is 3.40. The third kappa shape index (κ3) is 6.65. The third-order valence-corrected chi connectivity index (χ3v) is 6.95. The lowest BCUT2D eigenvalue weighted by atomic mass is 10.1. The third-order valence-electron chi connectivity index (χ3n) is 6.95. The van der Waals surface area contributed by atoms with Crippen LogP contribution in [0.1, 0.15) is 73.4 Å². The van der Waals surface area contributed by atoms with Crippen LogP contribution >= 0.6 is 0 Å². The molecule has 2 saturated heterocycles. The highest BCUT2D eigenvalue weighted by Gasteiger charge is 2.34. The SMILES string of the molecule is [2H]c1nc(C(F)(F)F)c([2H])c(C(=O)Nc2nc3c([2H])c([2H])c([2H])c(OC4CCN(C(C)=O)CC4)c3n2[C@]2([2H])CCCCN(C(=O)C=C)C2([2H])[2H])c1[2H]. The van der Waals surface area contributed by atoms with Crippen LogP contribution in [0.5, 0.6) is 5.75 Å². The number of carbonyl (C=O) groups is 3. The maximum Gasteiger partial charge on any atom is 0.433 e. The molecule has 0 unspecified atom stereocenters. The fourth-order valence-electron chi connectivity index (χ4n) is 4.81. The number of nitrogens with one attached hydrogen (secondary N) is 1. The Balaban J connectivity index is 1.80. The van der Waals surface area contributed by atoms with Crippen molar-refractivity contribution in [2.75, 3.05) is 31.4 Å². The number of aromatic nitrogens is 3.